The Kier molecular flexibility index (Phi) is 9.70. The van der Waals surface area contributed by atoms with E-state index in [4.69, 9.17) is 9.26 Å². The number of alkyl halides is 3. The van der Waals surface area contributed by atoms with Crippen molar-refractivity contribution in [3.05, 3.63) is 88.0 Å². The maximum atomic E-state index is 13.1. The number of rotatable bonds is 8. The zero-order valence-corrected chi connectivity index (χ0v) is 22.1. The van der Waals surface area contributed by atoms with E-state index in [-0.39, 0.29) is 24.5 Å². The molecule has 2 aromatic carbocycles. The number of nitrogens with one attached hydrogen (secondary N) is 2. The number of nitrogens with zero attached hydrogens (tertiary/aromatic N) is 1. The molecule has 39 heavy (non-hydrogen) atoms. The van der Waals surface area contributed by atoms with E-state index < -0.39 is 24.1 Å². The summed E-state index contributed by atoms with van der Waals surface area (Å²) in [5.74, 6) is -0.223. The van der Waals surface area contributed by atoms with Crippen LogP contribution >= 0.6 is 0 Å². The van der Waals surface area contributed by atoms with Crippen LogP contribution in [-0.2, 0) is 0 Å². The molecule has 0 saturated heterocycles. The number of anilines is 1. The fourth-order valence-electron chi connectivity index (χ4n) is 3.64. The number of amides is 1. The Hall–Kier alpha value is -4.34. The van der Waals surface area contributed by atoms with Crippen LogP contribution in [0.5, 0.6) is 5.75 Å². The first-order valence-corrected chi connectivity index (χ1v) is 12.5. The Labute approximate surface area is 224 Å². The summed E-state index contributed by atoms with van der Waals surface area (Å²) in [4.78, 5) is 28.6. The van der Waals surface area contributed by atoms with E-state index in [0.717, 1.165) is 5.56 Å². The van der Waals surface area contributed by atoms with Gasteiger partial charge >= 0.3 is 6.18 Å². The number of H-pyrrole nitrogens is 1. The molecule has 0 saturated carbocycles. The standard InChI is InChI=1S/C27H24F3N3O4.C2H6/c1-16-4-6-18(7-5-16)21-15-22(19-8-10-20(11-9-19)36-13-3-12-27(28,29)30)31-26(35)24(21)32-25(34)23-14-17(2)33-37-23;1-2/h4-11,14-15H,3,12-13H2,1-2H3,(H,31,35)(H,32,34);1-2H3. The van der Waals surface area contributed by atoms with Crippen LogP contribution in [-0.4, -0.2) is 28.8 Å². The summed E-state index contributed by atoms with van der Waals surface area (Å²) in [5.41, 5.74) is 3.43. The number of carbonyl (C=O) groups is 1. The molecule has 0 aliphatic carbocycles. The average molecular weight is 542 g/mol. The first kappa shape index (κ1) is 29.2. The van der Waals surface area contributed by atoms with E-state index in [0.29, 0.717) is 33.8 Å². The number of ether oxygens (including phenoxy) is 1. The number of hydrogen-bond donors (Lipinski definition) is 2. The van der Waals surface area contributed by atoms with Gasteiger partial charge in [0.25, 0.3) is 11.5 Å². The maximum Gasteiger partial charge on any atom is 0.389 e. The lowest BCUT2D eigenvalue weighted by Gasteiger charge is -2.13. The predicted molar refractivity (Wildman–Crippen MR) is 144 cm³/mol. The number of halogens is 3. The Balaban J connectivity index is 0.00000205. The van der Waals surface area contributed by atoms with Crippen molar-refractivity contribution in [2.24, 2.45) is 0 Å². The van der Waals surface area contributed by atoms with Crippen LogP contribution in [0.3, 0.4) is 0 Å². The van der Waals surface area contributed by atoms with E-state index in [2.05, 4.69) is 15.5 Å². The summed E-state index contributed by atoms with van der Waals surface area (Å²) in [7, 11) is 0. The van der Waals surface area contributed by atoms with Crippen LogP contribution in [0.2, 0.25) is 0 Å². The molecule has 0 spiro atoms. The monoisotopic (exact) mass is 541 g/mol. The van der Waals surface area contributed by atoms with E-state index in [9.17, 15) is 22.8 Å². The minimum atomic E-state index is -4.21. The van der Waals surface area contributed by atoms with Gasteiger partial charge in [0.2, 0.25) is 5.76 Å². The van der Waals surface area contributed by atoms with Crippen LogP contribution in [0.25, 0.3) is 22.4 Å². The quantitative estimate of drug-likeness (QED) is 0.228. The predicted octanol–water partition coefficient (Wildman–Crippen LogP) is 7.31. The molecule has 0 atom stereocenters. The fraction of sp³-hybridized carbons (Fsp3) is 0.276. The van der Waals surface area contributed by atoms with Crippen LogP contribution < -0.4 is 15.6 Å². The number of aromatic amines is 1. The zero-order chi connectivity index (χ0) is 28.6. The number of carbonyl (C=O) groups excluding carboxylic acids is 1. The maximum absolute atomic E-state index is 13.1. The van der Waals surface area contributed by atoms with Crippen molar-refractivity contribution in [2.45, 2.75) is 46.7 Å². The molecule has 2 heterocycles. The average Bonchev–Trinajstić information content (AvgIpc) is 3.35. The molecule has 7 nitrogen and oxygen atoms in total. The summed E-state index contributed by atoms with van der Waals surface area (Å²) in [5, 5.41) is 6.34. The van der Waals surface area contributed by atoms with Crippen LogP contribution in [0.15, 0.2) is 70.0 Å². The van der Waals surface area contributed by atoms with Gasteiger partial charge in [-0.05, 0) is 61.7 Å². The van der Waals surface area contributed by atoms with Crippen molar-refractivity contribution >= 4 is 11.6 Å². The van der Waals surface area contributed by atoms with Crippen LogP contribution in [0, 0.1) is 13.8 Å². The lowest BCUT2D eigenvalue weighted by Crippen LogP contribution is -2.21. The molecule has 206 valence electrons. The summed E-state index contributed by atoms with van der Waals surface area (Å²) in [6.07, 6.45) is -5.26. The summed E-state index contributed by atoms with van der Waals surface area (Å²) >= 11 is 0. The van der Waals surface area contributed by atoms with Crippen LogP contribution in [0.4, 0.5) is 18.9 Å². The largest absolute Gasteiger partial charge is 0.494 e. The second-order valence-electron chi connectivity index (χ2n) is 8.55. The van der Waals surface area contributed by atoms with Crippen molar-refractivity contribution in [3.8, 4) is 28.1 Å². The smallest absolute Gasteiger partial charge is 0.389 e. The van der Waals surface area contributed by atoms with Crippen molar-refractivity contribution < 1.29 is 27.2 Å². The van der Waals surface area contributed by atoms with Gasteiger partial charge in [-0.2, -0.15) is 13.2 Å². The Morgan fingerprint density at radius 1 is 1.00 bits per heavy atom. The number of benzene rings is 2. The zero-order valence-electron chi connectivity index (χ0n) is 22.1. The molecule has 10 heteroatoms. The van der Waals surface area contributed by atoms with Gasteiger partial charge in [0.1, 0.15) is 11.4 Å². The second kappa shape index (κ2) is 12.9. The molecule has 4 rings (SSSR count). The molecule has 0 radical (unpaired) electrons. The van der Waals surface area contributed by atoms with Gasteiger partial charge < -0.3 is 19.6 Å². The lowest BCUT2D eigenvalue weighted by atomic mass is 10.0. The normalized spacial score (nSPS) is 10.9. The molecular formula is C29H30F3N3O4. The van der Waals surface area contributed by atoms with Crippen molar-refractivity contribution in [1.82, 2.24) is 10.1 Å². The third-order valence-electron chi connectivity index (χ3n) is 5.52. The molecule has 2 aromatic heterocycles. The van der Waals surface area contributed by atoms with E-state index in [1.807, 2.05) is 45.0 Å². The van der Waals surface area contributed by atoms with E-state index in [1.165, 1.54) is 6.07 Å². The Bertz CT molecular complexity index is 1440. The topological polar surface area (TPSA) is 97.2 Å². The number of aryl methyl sites for hydroxylation is 2. The minimum absolute atomic E-state index is 0.0262. The number of hydrogen-bond acceptors (Lipinski definition) is 5. The van der Waals surface area contributed by atoms with Gasteiger partial charge in [0.15, 0.2) is 0 Å². The van der Waals surface area contributed by atoms with Gasteiger partial charge in [-0.3, -0.25) is 9.59 Å². The van der Waals surface area contributed by atoms with Gasteiger partial charge in [0, 0.05) is 23.7 Å². The number of pyridine rings is 1. The van der Waals surface area contributed by atoms with Crippen molar-refractivity contribution in [2.75, 3.05) is 11.9 Å². The summed E-state index contributed by atoms with van der Waals surface area (Å²) < 4.78 is 47.3. The molecule has 2 N–H and O–H groups in total. The van der Waals surface area contributed by atoms with Gasteiger partial charge in [-0.15, -0.1) is 0 Å². The first-order chi connectivity index (χ1) is 18.6. The summed E-state index contributed by atoms with van der Waals surface area (Å²) in [6.45, 7) is 7.56. The van der Waals surface area contributed by atoms with Crippen molar-refractivity contribution in [1.29, 1.82) is 0 Å². The summed E-state index contributed by atoms with van der Waals surface area (Å²) in [6, 6.07) is 17.3. The minimum Gasteiger partial charge on any atom is -0.494 e. The fourth-order valence-corrected chi connectivity index (χ4v) is 3.64. The Morgan fingerprint density at radius 2 is 1.64 bits per heavy atom. The van der Waals surface area contributed by atoms with Gasteiger partial charge in [-0.1, -0.05) is 48.8 Å². The van der Waals surface area contributed by atoms with Gasteiger partial charge in [0.05, 0.1) is 12.3 Å². The highest BCUT2D eigenvalue weighted by Gasteiger charge is 2.26. The Morgan fingerprint density at radius 3 is 2.23 bits per heavy atom. The number of aromatic nitrogens is 2. The molecule has 1 amide bonds. The highest BCUT2D eigenvalue weighted by Crippen LogP contribution is 2.30. The third kappa shape index (κ3) is 8.07. The van der Waals surface area contributed by atoms with E-state index in [1.54, 1.807) is 37.3 Å². The molecule has 0 bridgehead atoms. The van der Waals surface area contributed by atoms with Crippen molar-refractivity contribution in [3.63, 3.8) is 0 Å². The lowest BCUT2D eigenvalue weighted by molar-refractivity contribution is -0.136. The molecular weight excluding hydrogens is 511 g/mol. The molecule has 0 aliphatic heterocycles. The first-order valence-electron chi connectivity index (χ1n) is 12.5. The third-order valence-corrected chi connectivity index (χ3v) is 5.52. The molecule has 4 aromatic rings. The van der Waals surface area contributed by atoms with Crippen LogP contribution in [0.1, 0.15) is 48.5 Å². The molecule has 0 fully saturated rings. The molecule has 0 unspecified atom stereocenters. The highest BCUT2D eigenvalue weighted by molar-refractivity contribution is 6.04. The van der Waals surface area contributed by atoms with E-state index >= 15 is 0 Å². The SMILES string of the molecule is CC.Cc1ccc(-c2cc(-c3ccc(OCCCC(F)(F)F)cc3)[nH]c(=O)c2NC(=O)c2cc(C)no2)cc1. The highest BCUT2D eigenvalue weighted by atomic mass is 19.4. The second-order valence-corrected chi connectivity index (χ2v) is 8.55. The van der Waals surface area contributed by atoms with Gasteiger partial charge in [-0.25, -0.2) is 0 Å². The molecule has 0 aliphatic rings.